The van der Waals surface area contributed by atoms with Gasteiger partial charge in [0.1, 0.15) is 5.76 Å². The van der Waals surface area contributed by atoms with E-state index in [-0.39, 0.29) is 17.7 Å². The van der Waals surface area contributed by atoms with Crippen LogP contribution in [0.2, 0.25) is 0 Å². The summed E-state index contributed by atoms with van der Waals surface area (Å²) in [6.07, 6.45) is -4.40. The second-order valence-corrected chi connectivity index (χ2v) is 5.42. The van der Waals surface area contributed by atoms with Crippen LogP contribution >= 0.6 is 0 Å². The van der Waals surface area contributed by atoms with Crippen LogP contribution in [0.4, 0.5) is 19.0 Å². The maximum Gasteiger partial charge on any atom is 0.416 e. The number of halogens is 3. The molecule has 114 valence electrons. The van der Waals surface area contributed by atoms with Gasteiger partial charge in [-0.05, 0) is 23.6 Å². The Morgan fingerprint density at radius 2 is 1.86 bits per heavy atom. The first-order valence-electron chi connectivity index (χ1n) is 6.64. The maximum atomic E-state index is 12.8. The third-order valence-electron chi connectivity index (χ3n) is 3.64. The van der Waals surface area contributed by atoms with Gasteiger partial charge in [-0.15, -0.1) is 0 Å². The zero-order valence-electron chi connectivity index (χ0n) is 12.0. The van der Waals surface area contributed by atoms with Crippen molar-refractivity contribution >= 4 is 5.82 Å². The van der Waals surface area contributed by atoms with Crippen molar-refractivity contribution in [2.24, 2.45) is 5.92 Å². The summed E-state index contributed by atoms with van der Waals surface area (Å²) < 4.78 is 43.7. The third-order valence-corrected chi connectivity index (χ3v) is 3.64. The predicted octanol–water partition coefficient (Wildman–Crippen LogP) is 4.70. The first-order chi connectivity index (χ1) is 9.71. The second kappa shape index (κ2) is 5.42. The molecule has 0 radical (unpaired) electrons. The van der Waals surface area contributed by atoms with E-state index in [0.29, 0.717) is 16.9 Å². The normalized spacial score (nSPS) is 13.7. The minimum atomic E-state index is -4.40. The highest BCUT2D eigenvalue weighted by atomic mass is 19.4. The monoisotopic (exact) mass is 298 g/mol. The molecule has 3 nitrogen and oxygen atoms in total. The molecule has 0 aliphatic heterocycles. The van der Waals surface area contributed by atoms with Gasteiger partial charge in [-0.25, -0.2) is 0 Å². The van der Waals surface area contributed by atoms with Crippen LogP contribution in [0.25, 0.3) is 11.1 Å². The van der Waals surface area contributed by atoms with Crippen LogP contribution in [0.5, 0.6) is 0 Å². The molecule has 0 amide bonds. The van der Waals surface area contributed by atoms with Gasteiger partial charge in [-0.1, -0.05) is 38.1 Å². The van der Waals surface area contributed by atoms with Crippen LogP contribution in [0, 0.1) is 5.92 Å². The largest absolute Gasteiger partial charge is 0.416 e. The molecule has 0 aliphatic carbocycles. The molecule has 21 heavy (non-hydrogen) atoms. The number of aromatic nitrogens is 1. The summed E-state index contributed by atoms with van der Waals surface area (Å²) in [7, 11) is 0. The quantitative estimate of drug-likeness (QED) is 0.893. The lowest BCUT2D eigenvalue weighted by Gasteiger charge is -2.14. The Hall–Kier alpha value is -1.98. The zero-order chi connectivity index (χ0) is 15.8. The van der Waals surface area contributed by atoms with Gasteiger partial charge >= 0.3 is 6.18 Å². The van der Waals surface area contributed by atoms with Crippen molar-refractivity contribution < 1.29 is 17.7 Å². The Labute approximate surface area is 120 Å². The van der Waals surface area contributed by atoms with E-state index in [9.17, 15) is 13.2 Å². The van der Waals surface area contributed by atoms with Crippen LogP contribution in [0.1, 0.15) is 38.0 Å². The lowest BCUT2D eigenvalue weighted by atomic mass is 9.90. The van der Waals surface area contributed by atoms with Gasteiger partial charge in [0.2, 0.25) is 0 Å². The molecular weight excluding hydrogens is 281 g/mol. The summed E-state index contributed by atoms with van der Waals surface area (Å²) >= 11 is 0. The van der Waals surface area contributed by atoms with Gasteiger partial charge in [0.25, 0.3) is 0 Å². The van der Waals surface area contributed by atoms with E-state index in [0.717, 1.165) is 12.1 Å². The molecule has 6 heteroatoms. The Morgan fingerprint density at radius 3 is 2.43 bits per heavy atom. The number of alkyl halides is 3. The summed E-state index contributed by atoms with van der Waals surface area (Å²) in [5.74, 6) is 0.875. The molecule has 0 bridgehead atoms. The van der Waals surface area contributed by atoms with E-state index in [1.807, 2.05) is 20.8 Å². The molecule has 1 atom stereocenters. The van der Waals surface area contributed by atoms with Crippen LogP contribution in [-0.2, 0) is 6.18 Å². The lowest BCUT2D eigenvalue weighted by Crippen LogP contribution is -2.06. The van der Waals surface area contributed by atoms with E-state index >= 15 is 0 Å². The van der Waals surface area contributed by atoms with Gasteiger partial charge in [-0.3, -0.25) is 0 Å². The SMILES string of the molecule is CC(C)C(C)c1onc(N)c1-c1cccc(C(F)(F)F)c1. The molecule has 0 spiro atoms. The van der Waals surface area contributed by atoms with Gasteiger partial charge in [0.15, 0.2) is 5.82 Å². The number of nitrogen functional groups attached to an aromatic ring is 1. The molecular formula is C15H17F3N2O. The molecule has 2 aromatic rings. The number of benzene rings is 1. The molecule has 2 rings (SSSR count). The fourth-order valence-corrected chi connectivity index (χ4v) is 2.07. The van der Waals surface area contributed by atoms with Crippen LogP contribution in [-0.4, -0.2) is 5.16 Å². The number of nitrogens with two attached hydrogens (primary N) is 1. The zero-order valence-corrected chi connectivity index (χ0v) is 12.0. The molecule has 2 N–H and O–H groups in total. The van der Waals surface area contributed by atoms with Gasteiger partial charge < -0.3 is 10.3 Å². The second-order valence-electron chi connectivity index (χ2n) is 5.42. The molecule has 1 aromatic heterocycles. The van der Waals surface area contributed by atoms with Crippen LogP contribution in [0.3, 0.4) is 0 Å². The van der Waals surface area contributed by atoms with Crippen molar-refractivity contribution in [3.63, 3.8) is 0 Å². The molecule has 0 saturated heterocycles. The third kappa shape index (κ3) is 3.04. The summed E-state index contributed by atoms with van der Waals surface area (Å²) in [4.78, 5) is 0. The van der Waals surface area contributed by atoms with Gasteiger partial charge in [-0.2, -0.15) is 13.2 Å². The van der Waals surface area contributed by atoms with Crippen molar-refractivity contribution in [2.45, 2.75) is 32.9 Å². The minimum Gasteiger partial charge on any atom is -0.380 e. The number of rotatable bonds is 3. The Morgan fingerprint density at radius 1 is 1.19 bits per heavy atom. The fraction of sp³-hybridized carbons (Fsp3) is 0.400. The highest BCUT2D eigenvalue weighted by Gasteiger charge is 2.31. The van der Waals surface area contributed by atoms with E-state index in [1.54, 1.807) is 6.07 Å². The standard InChI is InChI=1S/C15H17F3N2O/c1-8(2)9(3)13-12(14(19)20-21-13)10-5-4-6-11(7-10)15(16,17)18/h4-9H,1-3H3,(H2,19,20). The first kappa shape index (κ1) is 15.4. The van der Waals surface area contributed by atoms with Crippen molar-refractivity contribution in [1.82, 2.24) is 5.16 Å². The Kier molecular flexibility index (Phi) is 3.98. The van der Waals surface area contributed by atoms with Crippen molar-refractivity contribution in [3.8, 4) is 11.1 Å². The smallest absolute Gasteiger partial charge is 0.380 e. The molecule has 1 heterocycles. The predicted molar refractivity (Wildman–Crippen MR) is 74.6 cm³/mol. The highest BCUT2D eigenvalue weighted by Crippen LogP contribution is 2.39. The molecule has 0 fully saturated rings. The van der Waals surface area contributed by atoms with Crippen molar-refractivity contribution in [2.75, 3.05) is 5.73 Å². The minimum absolute atomic E-state index is 0.000608. The topological polar surface area (TPSA) is 52.0 Å². The summed E-state index contributed by atoms with van der Waals surface area (Å²) in [5.41, 5.74) is 5.88. The highest BCUT2D eigenvalue weighted by molar-refractivity contribution is 5.76. The number of anilines is 1. The molecule has 1 unspecified atom stereocenters. The number of hydrogen-bond acceptors (Lipinski definition) is 3. The lowest BCUT2D eigenvalue weighted by molar-refractivity contribution is -0.137. The number of hydrogen-bond donors (Lipinski definition) is 1. The van der Waals surface area contributed by atoms with Crippen molar-refractivity contribution in [3.05, 3.63) is 35.6 Å². The summed E-state index contributed by atoms with van der Waals surface area (Å²) in [5, 5.41) is 3.71. The Bertz CT molecular complexity index is 632. The maximum absolute atomic E-state index is 12.8. The molecule has 0 aliphatic rings. The number of nitrogens with zero attached hydrogens (tertiary/aromatic N) is 1. The van der Waals surface area contributed by atoms with E-state index in [2.05, 4.69) is 5.16 Å². The average molecular weight is 298 g/mol. The van der Waals surface area contributed by atoms with Crippen LogP contribution < -0.4 is 5.73 Å². The van der Waals surface area contributed by atoms with E-state index in [4.69, 9.17) is 10.3 Å². The van der Waals surface area contributed by atoms with Gasteiger partial charge in [0, 0.05) is 5.92 Å². The van der Waals surface area contributed by atoms with Crippen LogP contribution in [0.15, 0.2) is 28.8 Å². The van der Waals surface area contributed by atoms with Crippen molar-refractivity contribution in [1.29, 1.82) is 0 Å². The Balaban J connectivity index is 2.55. The van der Waals surface area contributed by atoms with E-state index in [1.165, 1.54) is 6.07 Å². The molecule has 1 aromatic carbocycles. The fourth-order valence-electron chi connectivity index (χ4n) is 2.07. The van der Waals surface area contributed by atoms with E-state index < -0.39 is 11.7 Å². The molecule has 0 saturated carbocycles. The average Bonchev–Trinajstić information content (AvgIpc) is 2.78. The van der Waals surface area contributed by atoms with Gasteiger partial charge in [0.05, 0.1) is 11.1 Å². The summed E-state index contributed by atoms with van der Waals surface area (Å²) in [6, 6.07) is 5.03. The first-order valence-corrected chi connectivity index (χ1v) is 6.64. The summed E-state index contributed by atoms with van der Waals surface area (Å²) in [6.45, 7) is 5.93.